The van der Waals surface area contributed by atoms with Crippen LogP contribution in [0.4, 0.5) is 0 Å². The van der Waals surface area contributed by atoms with E-state index in [9.17, 15) is 4.79 Å². The Morgan fingerprint density at radius 1 is 1.33 bits per heavy atom. The fourth-order valence-electron chi connectivity index (χ4n) is 1.29. The van der Waals surface area contributed by atoms with E-state index in [-0.39, 0.29) is 0 Å². The number of hydrogen-bond acceptors (Lipinski definition) is 3. The standard InChI is InChI=1S/C11H24N2O2/c1-10(4-5-11(14)15)6-7-12-8-9-13(2)3/h10,12H,4-9H2,1-3H3,(H,14,15). The fourth-order valence-corrected chi connectivity index (χ4v) is 1.29. The maximum atomic E-state index is 10.3. The molecule has 1 atom stereocenters. The Morgan fingerprint density at radius 3 is 2.53 bits per heavy atom. The van der Waals surface area contributed by atoms with Crippen molar-refractivity contribution in [2.24, 2.45) is 5.92 Å². The molecule has 0 bridgehead atoms. The van der Waals surface area contributed by atoms with Crippen molar-refractivity contribution in [2.45, 2.75) is 26.2 Å². The summed E-state index contributed by atoms with van der Waals surface area (Å²) in [5.74, 6) is -0.199. The third kappa shape index (κ3) is 11.3. The van der Waals surface area contributed by atoms with Crippen LogP contribution in [-0.2, 0) is 4.79 Å². The minimum absolute atomic E-state index is 0.291. The van der Waals surface area contributed by atoms with E-state index >= 15 is 0 Å². The summed E-state index contributed by atoms with van der Waals surface area (Å²) in [5, 5.41) is 11.9. The van der Waals surface area contributed by atoms with Gasteiger partial charge in [-0.3, -0.25) is 4.79 Å². The van der Waals surface area contributed by atoms with Crippen LogP contribution < -0.4 is 5.32 Å². The first-order chi connectivity index (χ1) is 7.02. The Hall–Kier alpha value is -0.610. The van der Waals surface area contributed by atoms with Crippen LogP contribution in [0.3, 0.4) is 0 Å². The molecule has 0 spiro atoms. The number of aliphatic carboxylic acids is 1. The van der Waals surface area contributed by atoms with Gasteiger partial charge in [0.15, 0.2) is 0 Å². The molecule has 0 saturated heterocycles. The highest BCUT2D eigenvalue weighted by Gasteiger charge is 2.04. The molecule has 0 aromatic rings. The minimum atomic E-state index is -0.692. The maximum Gasteiger partial charge on any atom is 0.303 e. The number of rotatable bonds is 9. The molecule has 4 nitrogen and oxygen atoms in total. The second-order valence-electron chi connectivity index (χ2n) is 4.38. The summed E-state index contributed by atoms with van der Waals surface area (Å²) in [7, 11) is 4.11. The molecule has 0 aliphatic heterocycles. The van der Waals surface area contributed by atoms with Gasteiger partial charge in [0.05, 0.1) is 0 Å². The van der Waals surface area contributed by atoms with Crippen molar-refractivity contribution < 1.29 is 9.90 Å². The zero-order valence-electron chi connectivity index (χ0n) is 10.1. The fraction of sp³-hybridized carbons (Fsp3) is 0.909. The van der Waals surface area contributed by atoms with Gasteiger partial charge in [-0.25, -0.2) is 0 Å². The molecule has 0 radical (unpaired) electrons. The van der Waals surface area contributed by atoms with Crippen molar-refractivity contribution in [2.75, 3.05) is 33.7 Å². The Morgan fingerprint density at radius 2 is 2.00 bits per heavy atom. The summed E-state index contributed by atoms with van der Waals surface area (Å²) in [6, 6.07) is 0. The number of hydrogen-bond donors (Lipinski definition) is 2. The Bertz CT molecular complexity index is 172. The molecule has 4 heteroatoms. The molecular weight excluding hydrogens is 192 g/mol. The van der Waals surface area contributed by atoms with Gasteiger partial charge < -0.3 is 15.3 Å². The van der Waals surface area contributed by atoms with Gasteiger partial charge in [-0.05, 0) is 39.4 Å². The first kappa shape index (κ1) is 14.4. The summed E-state index contributed by atoms with van der Waals surface area (Å²) < 4.78 is 0. The van der Waals surface area contributed by atoms with E-state index in [1.807, 2.05) is 0 Å². The third-order valence-corrected chi connectivity index (χ3v) is 2.40. The van der Waals surface area contributed by atoms with Crippen LogP contribution >= 0.6 is 0 Å². The molecule has 0 aromatic carbocycles. The summed E-state index contributed by atoms with van der Waals surface area (Å²) in [5.41, 5.74) is 0. The molecule has 15 heavy (non-hydrogen) atoms. The van der Waals surface area contributed by atoms with Crippen LogP contribution in [-0.4, -0.2) is 49.7 Å². The number of carboxylic acids is 1. The SMILES string of the molecule is CC(CCNCCN(C)C)CCC(=O)O. The number of carbonyl (C=O) groups is 1. The summed E-state index contributed by atoms with van der Waals surface area (Å²) >= 11 is 0. The lowest BCUT2D eigenvalue weighted by molar-refractivity contribution is -0.137. The third-order valence-electron chi connectivity index (χ3n) is 2.40. The predicted octanol–water partition coefficient (Wildman–Crippen LogP) is 1.03. The monoisotopic (exact) mass is 216 g/mol. The van der Waals surface area contributed by atoms with E-state index in [1.54, 1.807) is 0 Å². The van der Waals surface area contributed by atoms with Crippen LogP contribution in [0, 0.1) is 5.92 Å². The van der Waals surface area contributed by atoms with Gasteiger partial charge in [-0.1, -0.05) is 6.92 Å². The average molecular weight is 216 g/mol. The van der Waals surface area contributed by atoms with Gasteiger partial charge in [0, 0.05) is 19.5 Å². The Labute approximate surface area is 92.7 Å². The Balaban J connectivity index is 3.23. The van der Waals surface area contributed by atoms with Crippen molar-refractivity contribution in [3.05, 3.63) is 0 Å². The predicted molar refractivity (Wildman–Crippen MR) is 62.1 cm³/mol. The summed E-state index contributed by atoms with van der Waals surface area (Å²) in [6.07, 6.45) is 2.13. The van der Waals surface area contributed by atoms with Crippen molar-refractivity contribution in [1.29, 1.82) is 0 Å². The molecule has 0 saturated carbocycles. The molecule has 0 fully saturated rings. The van der Waals surface area contributed by atoms with E-state index in [0.717, 1.165) is 32.5 Å². The zero-order valence-corrected chi connectivity index (χ0v) is 10.1. The lowest BCUT2D eigenvalue weighted by Gasteiger charge is -2.12. The lowest BCUT2D eigenvalue weighted by Crippen LogP contribution is -2.27. The average Bonchev–Trinajstić information content (AvgIpc) is 2.13. The Kier molecular flexibility index (Phi) is 8.33. The number of nitrogens with zero attached hydrogens (tertiary/aromatic N) is 1. The highest BCUT2D eigenvalue weighted by atomic mass is 16.4. The topological polar surface area (TPSA) is 52.6 Å². The van der Waals surface area contributed by atoms with E-state index in [4.69, 9.17) is 5.11 Å². The van der Waals surface area contributed by atoms with Gasteiger partial charge in [-0.2, -0.15) is 0 Å². The van der Waals surface area contributed by atoms with Crippen molar-refractivity contribution in [3.8, 4) is 0 Å². The summed E-state index contributed by atoms with van der Waals surface area (Å²) in [4.78, 5) is 12.5. The van der Waals surface area contributed by atoms with Gasteiger partial charge >= 0.3 is 5.97 Å². The molecule has 0 amide bonds. The largest absolute Gasteiger partial charge is 0.481 e. The quantitative estimate of drug-likeness (QED) is 0.565. The van der Waals surface area contributed by atoms with Crippen molar-refractivity contribution >= 4 is 5.97 Å². The van der Waals surface area contributed by atoms with Gasteiger partial charge in [0.1, 0.15) is 0 Å². The molecule has 90 valence electrons. The molecule has 0 heterocycles. The zero-order chi connectivity index (χ0) is 11.7. The van der Waals surface area contributed by atoms with Crippen LogP contribution in [0.15, 0.2) is 0 Å². The normalized spacial score (nSPS) is 13.1. The first-order valence-corrected chi connectivity index (χ1v) is 5.59. The second-order valence-corrected chi connectivity index (χ2v) is 4.38. The van der Waals surface area contributed by atoms with E-state index in [0.29, 0.717) is 12.3 Å². The molecule has 0 rings (SSSR count). The van der Waals surface area contributed by atoms with E-state index in [1.165, 1.54) is 0 Å². The smallest absolute Gasteiger partial charge is 0.303 e. The van der Waals surface area contributed by atoms with Crippen molar-refractivity contribution in [3.63, 3.8) is 0 Å². The van der Waals surface area contributed by atoms with Gasteiger partial charge in [-0.15, -0.1) is 0 Å². The molecule has 0 aliphatic rings. The molecular formula is C11H24N2O2. The number of carboxylic acid groups (broad SMARTS) is 1. The minimum Gasteiger partial charge on any atom is -0.481 e. The van der Waals surface area contributed by atoms with Crippen LogP contribution in [0.5, 0.6) is 0 Å². The first-order valence-electron chi connectivity index (χ1n) is 5.59. The van der Waals surface area contributed by atoms with Crippen molar-refractivity contribution in [1.82, 2.24) is 10.2 Å². The second kappa shape index (κ2) is 8.68. The molecule has 1 unspecified atom stereocenters. The van der Waals surface area contributed by atoms with E-state index in [2.05, 4.69) is 31.2 Å². The highest BCUT2D eigenvalue weighted by molar-refractivity contribution is 5.66. The molecule has 0 aliphatic carbocycles. The van der Waals surface area contributed by atoms with Gasteiger partial charge in [0.25, 0.3) is 0 Å². The maximum absolute atomic E-state index is 10.3. The number of likely N-dealkylation sites (N-methyl/N-ethyl adjacent to an activating group) is 1. The summed E-state index contributed by atoms with van der Waals surface area (Å²) in [6.45, 7) is 5.13. The van der Waals surface area contributed by atoms with Gasteiger partial charge in [0.2, 0.25) is 0 Å². The highest BCUT2D eigenvalue weighted by Crippen LogP contribution is 2.08. The lowest BCUT2D eigenvalue weighted by atomic mass is 10.0. The van der Waals surface area contributed by atoms with Crippen LogP contribution in [0.1, 0.15) is 26.2 Å². The molecule has 2 N–H and O–H groups in total. The van der Waals surface area contributed by atoms with Crippen LogP contribution in [0.25, 0.3) is 0 Å². The number of nitrogens with one attached hydrogen (secondary N) is 1. The van der Waals surface area contributed by atoms with Crippen LogP contribution in [0.2, 0.25) is 0 Å². The van der Waals surface area contributed by atoms with E-state index < -0.39 is 5.97 Å². The molecule has 0 aromatic heterocycles.